The van der Waals surface area contributed by atoms with E-state index in [4.69, 9.17) is 9.47 Å². The van der Waals surface area contributed by atoms with E-state index in [0.717, 1.165) is 11.8 Å². The Morgan fingerprint density at radius 1 is 0.562 bits per heavy atom. The average Bonchev–Trinajstić information content (AvgIpc) is 2.39. The Morgan fingerprint density at radius 3 is 1.12 bits per heavy atom. The predicted molar refractivity (Wildman–Crippen MR) is 65.5 cm³/mol. The van der Waals surface area contributed by atoms with Gasteiger partial charge in [-0.25, -0.2) is 0 Å². The Morgan fingerprint density at radius 2 is 0.875 bits per heavy atom. The molecule has 0 amide bonds. The molecule has 0 radical (unpaired) electrons. The molecule has 2 aliphatic rings. The molecule has 94 valence electrons. The maximum absolute atomic E-state index is 5.44. The number of methoxy groups -OCH3 is 2. The van der Waals surface area contributed by atoms with Gasteiger partial charge in [0.2, 0.25) is 0 Å². The topological polar surface area (TPSA) is 18.5 Å². The molecule has 2 rings (SSSR count). The predicted octanol–water partition coefficient (Wildman–Crippen LogP) is 3.40. The molecule has 0 saturated heterocycles. The van der Waals surface area contributed by atoms with Gasteiger partial charge in [0.15, 0.2) is 0 Å². The SMILES string of the molecule is COC1CCC(C2CCC(OC)CC2)CC1. The second kappa shape index (κ2) is 6.02. The van der Waals surface area contributed by atoms with Gasteiger partial charge in [-0.3, -0.25) is 0 Å². The summed E-state index contributed by atoms with van der Waals surface area (Å²) in [5.41, 5.74) is 0. The molecule has 2 saturated carbocycles. The highest BCUT2D eigenvalue weighted by Gasteiger charge is 2.30. The Bertz CT molecular complexity index is 167. The Balaban J connectivity index is 1.73. The fourth-order valence-electron chi connectivity index (χ4n) is 3.59. The first kappa shape index (κ1) is 12.4. The van der Waals surface area contributed by atoms with Crippen LogP contribution in [0.3, 0.4) is 0 Å². The highest BCUT2D eigenvalue weighted by Crippen LogP contribution is 2.39. The van der Waals surface area contributed by atoms with Gasteiger partial charge < -0.3 is 9.47 Å². The van der Waals surface area contributed by atoms with Crippen LogP contribution in [-0.4, -0.2) is 26.4 Å². The maximum atomic E-state index is 5.44. The summed E-state index contributed by atoms with van der Waals surface area (Å²) in [6.45, 7) is 0. The van der Waals surface area contributed by atoms with Crippen LogP contribution in [0.2, 0.25) is 0 Å². The van der Waals surface area contributed by atoms with Crippen molar-refractivity contribution in [1.29, 1.82) is 0 Å². The summed E-state index contributed by atoms with van der Waals surface area (Å²) in [5.74, 6) is 1.95. The van der Waals surface area contributed by atoms with Crippen LogP contribution < -0.4 is 0 Å². The van der Waals surface area contributed by atoms with Crippen LogP contribution in [0.15, 0.2) is 0 Å². The second-order valence-electron chi connectivity index (χ2n) is 5.54. The fraction of sp³-hybridized carbons (Fsp3) is 1.00. The molecule has 0 spiro atoms. The van der Waals surface area contributed by atoms with Gasteiger partial charge in [-0.05, 0) is 63.2 Å². The summed E-state index contributed by atoms with van der Waals surface area (Å²) in [4.78, 5) is 0. The van der Waals surface area contributed by atoms with Crippen LogP contribution in [0.4, 0.5) is 0 Å². The Labute approximate surface area is 99.7 Å². The zero-order valence-electron chi connectivity index (χ0n) is 10.8. The van der Waals surface area contributed by atoms with Crippen molar-refractivity contribution in [3.63, 3.8) is 0 Å². The molecule has 2 nitrogen and oxygen atoms in total. The smallest absolute Gasteiger partial charge is 0.0571 e. The van der Waals surface area contributed by atoms with Crippen molar-refractivity contribution in [3.8, 4) is 0 Å². The lowest BCUT2D eigenvalue weighted by atomic mass is 9.72. The van der Waals surface area contributed by atoms with Crippen molar-refractivity contribution in [2.24, 2.45) is 11.8 Å². The normalized spacial score (nSPS) is 40.9. The molecule has 0 bridgehead atoms. The van der Waals surface area contributed by atoms with Gasteiger partial charge in [0, 0.05) is 14.2 Å². The first-order valence-corrected chi connectivity index (χ1v) is 6.89. The van der Waals surface area contributed by atoms with Gasteiger partial charge in [0.05, 0.1) is 12.2 Å². The first-order valence-electron chi connectivity index (χ1n) is 6.89. The standard InChI is InChI=1S/C14H26O2/c1-15-13-7-3-11(4-8-13)12-5-9-14(16-2)10-6-12/h11-14H,3-10H2,1-2H3. The minimum absolute atomic E-state index is 0.548. The van der Waals surface area contributed by atoms with Crippen LogP contribution >= 0.6 is 0 Å². The lowest BCUT2D eigenvalue weighted by molar-refractivity contribution is 0.0187. The van der Waals surface area contributed by atoms with Crippen molar-refractivity contribution >= 4 is 0 Å². The minimum Gasteiger partial charge on any atom is -0.381 e. The first-order chi connectivity index (χ1) is 7.83. The lowest BCUT2D eigenvalue weighted by Crippen LogP contribution is -2.29. The van der Waals surface area contributed by atoms with Crippen molar-refractivity contribution in [3.05, 3.63) is 0 Å². The number of rotatable bonds is 3. The number of ether oxygens (including phenoxy) is 2. The summed E-state index contributed by atoms with van der Waals surface area (Å²) >= 11 is 0. The van der Waals surface area contributed by atoms with Crippen molar-refractivity contribution in [1.82, 2.24) is 0 Å². The zero-order valence-corrected chi connectivity index (χ0v) is 10.8. The van der Waals surface area contributed by atoms with E-state index >= 15 is 0 Å². The summed E-state index contributed by atoms with van der Waals surface area (Å²) < 4.78 is 10.9. The van der Waals surface area contributed by atoms with E-state index in [1.165, 1.54) is 51.4 Å². The molecule has 0 aromatic carbocycles. The quantitative estimate of drug-likeness (QED) is 0.734. The molecule has 0 unspecified atom stereocenters. The Kier molecular flexibility index (Phi) is 4.66. The molecular formula is C14H26O2. The molecular weight excluding hydrogens is 200 g/mol. The number of hydrogen-bond acceptors (Lipinski definition) is 2. The molecule has 0 aromatic rings. The van der Waals surface area contributed by atoms with Gasteiger partial charge in [0.1, 0.15) is 0 Å². The third-order valence-corrected chi connectivity index (χ3v) is 4.77. The minimum atomic E-state index is 0.548. The summed E-state index contributed by atoms with van der Waals surface area (Å²) in [5, 5.41) is 0. The second-order valence-corrected chi connectivity index (χ2v) is 5.54. The van der Waals surface area contributed by atoms with Crippen LogP contribution in [-0.2, 0) is 9.47 Å². The molecule has 0 heterocycles. The van der Waals surface area contributed by atoms with Crippen LogP contribution in [0.5, 0.6) is 0 Å². The average molecular weight is 226 g/mol. The van der Waals surface area contributed by atoms with Gasteiger partial charge in [-0.2, -0.15) is 0 Å². The summed E-state index contributed by atoms with van der Waals surface area (Å²) in [6.07, 6.45) is 11.8. The number of hydrogen-bond donors (Lipinski definition) is 0. The van der Waals surface area contributed by atoms with Crippen LogP contribution in [0.25, 0.3) is 0 Å². The van der Waals surface area contributed by atoms with Crippen molar-refractivity contribution in [2.75, 3.05) is 14.2 Å². The maximum Gasteiger partial charge on any atom is 0.0571 e. The summed E-state index contributed by atoms with van der Waals surface area (Å²) in [7, 11) is 3.71. The van der Waals surface area contributed by atoms with Crippen LogP contribution in [0.1, 0.15) is 51.4 Å². The van der Waals surface area contributed by atoms with E-state index in [2.05, 4.69) is 0 Å². The third-order valence-electron chi connectivity index (χ3n) is 4.77. The fourth-order valence-corrected chi connectivity index (χ4v) is 3.59. The van der Waals surface area contributed by atoms with Gasteiger partial charge in [-0.1, -0.05) is 0 Å². The van der Waals surface area contributed by atoms with Crippen molar-refractivity contribution < 1.29 is 9.47 Å². The lowest BCUT2D eigenvalue weighted by Gasteiger charge is -2.37. The van der Waals surface area contributed by atoms with Gasteiger partial charge in [-0.15, -0.1) is 0 Å². The van der Waals surface area contributed by atoms with Gasteiger partial charge in [0.25, 0.3) is 0 Å². The molecule has 0 atom stereocenters. The molecule has 2 aliphatic carbocycles. The summed E-state index contributed by atoms with van der Waals surface area (Å²) in [6, 6.07) is 0. The molecule has 2 heteroatoms. The molecule has 0 N–H and O–H groups in total. The Hall–Kier alpha value is -0.0800. The molecule has 0 aliphatic heterocycles. The highest BCUT2D eigenvalue weighted by atomic mass is 16.5. The molecule has 16 heavy (non-hydrogen) atoms. The van der Waals surface area contributed by atoms with Gasteiger partial charge >= 0.3 is 0 Å². The van der Waals surface area contributed by atoms with E-state index in [-0.39, 0.29) is 0 Å². The van der Waals surface area contributed by atoms with Crippen molar-refractivity contribution in [2.45, 2.75) is 63.6 Å². The van der Waals surface area contributed by atoms with E-state index in [9.17, 15) is 0 Å². The highest BCUT2D eigenvalue weighted by molar-refractivity contribution is 4.82. The van der Waals surface area contributed by atoms with E-state index < -0.39 is 0 Å². The van der Waals surface area contributed by atoms with Crippen LogP contribution in [0, 0.1) is 11.8 Å². The van der Waals surface area contributed by atoms with E-state index in [0.29, 0.717) is 12.2 Å². The zero-order chi connectivity index (χ0) is 11.4. The monoisotopic (exact) mass is 226 g/mol. The van der Waals surface area contributed by atoms with E-state index in [1.54, 1.807) is 0 Å². The largest absolute Gasteiger partial charge is 0.381 e. The van der Waals surface area contributed by atoms with E-state index in [1.807, 2.05) is 14.2 Å². The third kappa shape index (κ3) is 2.98. The molecule has 0 aromatic heterocycles. The molecule has 2 fully saturated rings.